The van der Waals surface area contributed by atoms with Gasteiger partial charge in [0.25, 0.3) is 5.79 Å². The molecule has 0 saturated carbocycles. The molecule has 23 unspecified atom stereocenters. The Morgan fingerprint density at radius 1 is 0.510 bits per heavy atom. The lowest BCUT2D eigenvalue weighted by atomic mass is 9.88. The van der Waals surface area contributed by atoms with Crippen molar-refractivity contribution >= 4 is 23.7 Å². The molecule has 29 heteroatoms. The first-order valence-corrected chi connectivity index (χ1v) is 38.6. The van der Waals surface area contributed by atoms with Crippen LogP contribution in [0.4, 0.5) is 0 Å². The van der Waals surface area contributed by atoms with Crippen LogP contribution in [-0.4, -0.2) is 269 Å². The summed E-state index contributed by atoms with van der Waals surface area (Å²) >= 11 is 0. The number of allylic oxidation sites excluding steroid dienone is 1. The Morgan fingerprint density at radius 3 is 1.42 bits per heavy atom. The molecule has 23 atom stereocenters. The van der Waals surface area contributed by atoms with Crippen LogP contribution in [0.3, 0.4) is 0 Å². The highest BCUT2D eigenvalue weighted by atomic mass is 16.8. The minimum atomic E-state index is -3.28. The third kappa shape index (κ3) is 31.2. The van der Waals surface area contributed by atoms with Gasteiger partial charge in [-0.3, -0.25) is 14.4 Å². The standard InChI is InChI=1S/C73H133N3O26/c1-5-7-9-11-13-15-17-19-20-21-22-23-24-25-26-28-30-32-34-36-38-40-56(86)76-49(50(83)39-37-35-33-31-29-27-18-16-14-12-10-8-6-2)46-95-70-63(91)62(90)65(54(44-79)97-70)99-71-64(92)68(66(55(45-80)98-71)100-69-58(75-48(4)82)61(89)60(88)53(43-78)96-69)102-73(72(93)94)41-51(84)57(74-47(3)81)67(101-73)59(87)52(85)42-77/h37,39,49-55,57-71,77-80,83-85,87-92H,5-36,38,40-46H2,1-4H3,(H,74,81)(H,75,82)(H,76,86)(H,93,94). The number of rotatable bonds is 55. The minimum Gasteiger partial charge on any atom is -0.477 e. The van der Waals surface area contributed by atoms with E-state index in [0.717, 1.165) is 65.2 Å². The van der Waals surface area contributed by atoms with Gasteiger partial charge in [0.15, 0.2) is 18.9 Å². The number of carbonyl (C=O) groups is 4. The molecule has 0 radical (unpaired) electrons. The first-order valence-electron chi connectivity index (χ1n) is 38.6. The molecule has 0 aromatic carbocycles. The topological polar surface area (TPSA) is 461 Å². The third-order valence-electron chi connectivity index (χ3n) is 20.0. The normalized spacial score (nSPS) is 31.1. The van der Waals surface area contributed by atoms with Crippen LogP contribution in [-0.2, 0) is 57.1 Å². The molecule has 0 aromatic rings. The van der Waals surface area contributed by atoms with Gasteiger partial charge < -0.3 is 125 Å². The van der Waals surface area contributed by atoms with E-state index in [0.29, 0.717) is 12.8 Å². The first kappa shape index (κ1) is 91.2. The SMILES string of the molecule is CCCCCCCCCCCCCC=CC(O)C(COC1OC(CO)C(OC2OC(CO)C(OC3OC(CO)C(O)C(O)C3NC(C)=O)C(OC3(C(=O)O)CC(O)C(NC(C)=O)C(C(O)C(O)CO)O3)C2O)C(O)C1O)NC(=O)CCCCCCCCCCCCCCCCCCCCCCC. The minimum absolute atomic E-state index is 0.162. The zero-order chi connectivity index (χ0) is 75.0. The summed E-state index contributed by atoms with van der Waals surface area (Å²) in [5.74, 6) is -7.36. The number of unbranched alkanes of at least 4 members (excludes halogenated alkanes) is 31. The van der Waals surface area contributed by atoms with E-state index in [2.05, 4.69) is 29.8 Å². The second kappa shape index (κ2) is 51.2. The van der Waals surface area contributed by atoms with Crippen molar-refractivity contribution in [2.75, 3.05) is 33.0 Å². The predicted molar refractivity (Wildman–Crippen MR) is 373 cm³/mol. The van der Waals surface area contributed by atoms with Crippen LogP contribution in [0.2, 0.25) is 0 Å². The molecule has 0 spiro atoms. The number of amides is 3. The van der Waals surface area contributed by atoms with E-state index in [-0.39, 0.29) is 12.3 Å². The summed E-state index contributed by atoms with van der Waals surface area (Å²) in [5, 5.41) is 163. The fourth-order valence-electron chi connectivity index (χ4n) is 13.9. The number of carbonyl (C=O) groups excluding carboxylic acids is 3. The van der Waals surface area contributed by atoms with E-state index >= 15 is 0 Å². The van der Waals surface area contributed by atoms with Crippen molar-refractivity contribution in [2.24, 2.45) is 0 Å². The first-order chi connectivity index (χ1) is 49.0. The molecule has 4 aliphatic heterocycles. The summed E-state index contributed by atoms with van der Waals surface area (Å²) in [6.45, 7) is 1.76. The molecule has 4 fully saturated rings. The van der Waals surface area contributed by atoms with Gasteiger partial charge in [-0.15, -0.1) is 0 Å². The second-order valence-corrected chi connectivity index (χ2v) is 28.6. The average Bonchev–Trinajstić information content (AvgIpc) is 0.748. The Balaban J connectivity index is 1.48. The average molecular weight is 1470 g/mol. The van der Waals surface area contributed by atoms with Gasteiger partial charge in [-0.2, -0.15) is 0 Å². The summed E-state index contributed by atoms with van der Waals surface area (Å²) in [4.78, 5) is 52.0. The van der Waals surface area contributed by atoms with Crippen LogP contribution in [0, 0.1) is 0 Å². The Bertz CT molecular complexity index is 2280. The van der Waals surface area contributed by atoms with Gasteiger partial charge in [-0.05, 0) is 19.3 Å². The van der Waals surface area contributed by atoms with Crippen LogP contribution in [0.15, 0.2) is 12.2 Å². The van der Waals surface area contributed by atoms with E-state index < -0.39 is 198 Å². The highest BCUT2D eigenvalue weighted by molar-refractivity contribution is 5.77. The molecule has 4 rings (SSSR count). The number of hydrogen-bond donors (Lipinski definition) is 17. The molecule has 0 aliphatic carbocycles. The fraction of sp³-hybridized carbons (Fsp3) is 0.918. The maximum absolute atomic E-state index is 13.6. The van der Waals surface area contributed by atoms with Crippen molar-refractivity contribution in [2.45, 2.75) is 393 Å². The van der Waals surface area contributed by atoms with E-state index in [4.69, 9.17) is 37.9 Å². The zero-order valence-electron chi connectivity index (χ0n) is 61.3. The molecule has 0 aromatic heterocycles. The number of hydrogen-bond acceptors (Lipinski definition) is 25. The van der Waals surface area contributed by atoms with Crippen molar-refractivity contribution in [1.29, 1.82) is 0 Å². The molecule has 4 aliphatic rings. The van der Waals surface area contributed by atoms with Gasteiger partial charge >= 0.3 is 5.97 Å². The van der Waals surface area contributed by atoms with E-state index in [9.17, 15) is 90.7 Å². The van der Waals surface area contributed by atoms with E-state index in [1.807, 2.05) is 6.08 Å². The number of aliphatic hydroxyl groups is 13. The summed E-state index contributed by atoms with van der Waals surface area (Å²) in [6.07, 6.45) is 3.75. The molecule has 29 nitrogen and oxygen atoms in total. The molecule has 17 N–H and O–H groups in total. The third-order valence-corrected chi connectivity index (χ3v) is 20.0. The van der Waals surface area contributed by atoms with Crippen molar-refractivity contribution in [3.63, 3.8) is 0 Å². The van der Waals surface area contributed by atoms with Gasteiger partial charge in [0.05, 0.1) is 57.3 Å². The Kier molecular flexibility index (Phi) is 45.7. The van der Waals surface area contributed by atoms with E-state index in [1.54, 1.807) is 6.08 Å². The highest BCUT2D eigenvalue weighted by Gasteiger charge is 2.62. The molecule has 4 heterocycles. The smallest absolute Gasteiger partial charge is 0.364 e. The lowest BCUT2D eigenvalue weighted by Crippen LogP contribution is -2.72. The maximum atomic E-state index is 13.6. The fourth-order valence-corrected chi connectivity index (χ4v) is 13.9. The Hall–Kier alpha value is -3.22. The number of nitrogens with one attached hydrogen (secondary N) is 3. The van der Waals surface area contributed by atoms with Gasteiger partial charge in [0.2, 0.25) is 17.7 Å². The predicted octanol–water partition coefficient (Wildman–Crippen LogP) is 3.47. The number of ether oxygens (including phenoxy) is 8. The molecule has 3 amide bonds. The largest absolute Gasteiger partial charge is 0.477 e. The van der Waals surface area contributed by atoms with Gasteiger partial charge in [-0.25, -0.2) is 4.79 Å². The quantitative estimate of drug-likeness (QED) is 0.0306. The molecular formula is C73H133N3O26. The van der Waals surface area contributed by atoms with Crippen molar-refractivity contribution in [3.05, 3.63) is 12.2 Å². The summed E-state index contributed by atoms with van der Waals surface area (Å²) in [5.41, 5.74) is 0. The highest BCUT2D eigenvalue weighted by Crippen LogP contribution is 2.40. The maximum Gasteiger partial charge on any atom is 0.364 e. The number of aliphatic hydroxyl groups excluding tert-OH is 13. The van der Waals surface area contributed by atoms with E-state index in [1.165, 1.54) is 148 Å². The van der Waals surface area contributed by atoms with Gasteiger partial charge in [-0.1, -0.05) is 219 Å². The molecule has 0 bridgehead atoms. The molecular weight excluding hydrogens is 1330 g/mol. The van der Waals surface area contributed by atoms with Gasteiger partial charge in [0, 0.05) is 26.7 Å². The summed E-state index contributed by atoms with van der Waals surface area (Å²) in [7, 11) is 0. The van der Waals surface area contributed by atoms with Crippen LogP contribution in [0.5, 0.6) is 0 Å². The summed E-state index contributed by atoms with van der Waals surface area (Å²) < 4.78 is 48.0. The lowest BCUT2D eigenvalue weighted by molar-refractivity contribution is -0.401. The zero-order valence-corrected chi connectivity index (χ0v) is 61.3. The molecule has 102 heavy (non-hydrogen) atoms. The lowest BCUT2D eigenvalue weighted by Gasteiger charge is -2.52. The van der Waals surface area contributed by atoms with Gasteiger partial charge in [0.1, 0.15) is 91.5 Å². The Labute approximate surface area is 604 Å². The van der Waals surface area contributed by atoms with Crippen molar-refractivity contribution < 1.29 is 129 Å². The number of carboxylic acid groups (broad SMARTS) is 1. The number of aliphatic carboxylic acids is 1. The van der Waals surface area contributed by atoms with Crippen LogP contribution in [0.25, 0.3) is 0 Å². The Morgan fingerprint density at radius 2 is 0.951 bits per heavy atom. The second-order valence-electron chi connectivity index (χ2n) is 28.6. The monoisotopic (exact) mass is 1470 g/mol. The number of carboxylic acids is 1. The summed E-state index contributed by atoms with van der Waals surface area (Å²) in [6, 6.07) is -4.52. The van der Waals surface area contributed by atoms with Crippen molar-refractivity contribution in [1.82, 2.24) is 16.0 Å². The molecule has 596 valence electrons. The van der Waals surface area contributed by atoms with Crippen LogP contribution >= 0.6 is 0 Å². The van der Waals surface area contributed by atoms with Crippen LogP contribution < -0.4 is 16.0 Å². The molecule has 4 saturated heterocycles. The van der Waals surface area contributed by atoms with Crippen molar-refractivity contribution in [3.8, 4) is 0 Å². The van der Waals surface area contributed by atoms with Crippen LogP contribution in [0.1, 0.15) is 252 Å².